The molecule has 0 amide bonds. The second-order valence-electron chi connectivity index (χ2n) is 6.09. The Morgan fingerprint density at radius 2 is 1.88 bits per heavy atom. The summed E-state index contributed by atoms with van der Waals surface area (Å²) in [6.45, 7) is 4.30. The van der Waals surface area contributed by atoms with Crippen LogP contribution in [0.2, 0.25) is 5.02 Å². The zero-order chi connectivity index (χ0) is 17.1. The Hall–Kier alpha value is -1.91. The quantitative estimate of drug-likeness (QED) is 0.587. The minimum Gasteiger partial charge on any atom is -0.331 e. The van der Waals surface area contributed by atoms with Crippen LogP contribution in [-0.4, -0.2) is 10.8 Å². The maximum absolute atomic E-state index is 5.89. The molecule has 1 aliphatic rings. The highest BCUT2D eigenvalue weighted by atomic mass is 35.5. The smallest absolute Gasteiger partial charge is 0.191 e. The van der Waals surface area contributed by atoms with Crippen molar-refractivity contribution in [3.05, 3.63) is 63.7 Å². The van der Waals surface area contributed by atoms with E-state index in [2.05, 4.69) is 41.8 Å². The Bertz CT molecular complexity index is 797. The van der Waals surface area contributed by atoms with Crippen molar-refractivity contribution < 1.29 is 0 Å². The van der Waals surface area contributed by atoms with Gasteiger partial charge in [-0.25, -0.2) is 0 Å². The standard InChI is InChI=1S/C19H20ClN3S/c1-12-10-13(2)16-4-3-5-18(17(16)11-12)22-23-19(24)21-15-8-6-14(20)7-9-15/h6-11H,3-5H2,1-2H3,(H2,21,23,24)/b22-18-. The fraction of sp³-hybridized carbons (Fsp3) is 0.263. The van der Waals surface area contributed by atoms with Gasteiger partial charge in [-0.2, -0.15) is 5.10 Å². The number of thiocarbonyl (C=S) groups is 1. The van der Waals surface area contributed by atoms with Gasteiger partial charge in [-0.15, -0.1) is 0 Å². The van der Waals surface area contributed by atoms with Gasteiger partial charge in [0.15, 0.2) is 5.11 Å². The van der Waals surface area contributed by atoms with Gasteiger partial charge in [0.05, 0.1) is 5.71 Å². The van der Waals surface area contributed by atoms with Crippen molar-refractivity contribution >= 4 is 40.3 Å². The number of benzene rings is 2. The molecule has 0 spiro atoms. The van der Waals surface area contributed by atoms with Gasteiger partial charge in [0, 0.05) is 16.3 Å². The third-order valence-electron chi connectivity index (χ3n) is 4.16. The Morgan fingerprint density at radius 1 is 1.12 bits per heavy atom. The molecule has 0 unspecified atom stereocenters. The summed E-state index contributed by atoms with van der Waals surface area (Å²) >= 11 is 11.2. The molecule has 0 atom stereocenters. The molecule has 3 nitrogen and oxygen atoms in total. The average Bonchev–Trinajstić information content (AvgIpc) is 2.55. The molecule has 0 fully saturated rings. The van der Waals surface area contributed by atoms with E-state index in [-0.39, 0.29) is 0 Å². The third-order valence-corrected chi connectivity index (χ3v) is 4.61. The number of hydrogen-bond donors (Lipinski definition) is 2. The van der Waals surface area contributed by atoms with Gasteiger partial charge in [0.2, 0.25) is 0 Å². The number of aryl methyl sites for hydroxylation is 2. The normalized spacial score (nSPS) is 15.0. The molecule has 24 heavy (non-hydrogen) atoms. The van der Waals surface area contributed by atoms with Crippen LogP contribution in [0.4, 0.5) is 5.69 Å². The molecule has 0 aliphatic heterocycles. The zero-order valence-corrected chi connectivity index (χ0v) is 15.4. The molecule has 2 aromatic rings. The van der Waals surface area contributed by atoms with E-state index in [0.29, 0.717) is 10.1 Å². The van der Waals surface area contributed by atoms with Crippen molar-refractivity contribution in [3.8, 4) is 0 Å². The van der Waals surface area contributed by atoms with E-state index in [1.54, 1.807) is 0 Å². The molecule has 2 aromatic carbocycles. The number of hydrogen-bond acceptors (Lipinski definition) is 2. The minimum absolute atomic E-state index is 0.473. The number of nitrogens with zero attached hydrogens (tertiary/aromatic N) is 1. The predicted molar refractivity (Wildman–Crippen MR) is 106 cm³/mol. The predicted octanol–water partition coefficient (Wildman–Crippen LogP) is 4.98. The van der Waals surface area contributed by atoms with Crippen molar-refractivity contribution in [2.24, 2.45) is 5.10 Å². The Balaban J connectivity index is 1.74. The van der Waals surface area contributed by atoms with E-state index in [9.17, 15) is 0 Å². The fourth-order valence-electron chi connectivity index (χ4n) is 3.08. The number of nitrogens with one attached hydrogen (secondary N) is 2. The second kappa shape index (κ2) is 7.32. The maximum Gasteiger partial charge on any atom is 0.191 e. The average molecular weight is 358 g/mol. The Labute approximate surface area is 153 Å². The van der Waals surface area contributed by atoms with Crippen molar-refractivity contribution in [2.75, 3.05) is 5.32 Å². The summed E-state index contributed by atoms with van der Waals surface area (Å²) in [7, 11) is 0. The van der Waals surface area contributed by atoms with Crippen LogP contribution in [0.5, 0.6) is 0 Å². The Kier molecular flexibility index (Phi) is 5.17. The molecular formula is C19H20ClN3S. The molecule has 0 saturated heterocycles. The first kappa shape index (κ1) is 16.9. The van der Waals surface area contributed by atoms with Gasteiger partial charge in [0.1, 0.15) is 0 Å². The van der Waals surface area contributed by atoms with Gasteiger partial charge in [-0.05, 0) is 86.8 Å². The van der Waals surface area contributed by atoms with Gasteiger partial charge < -0.3 is 5.32 Å². The summed E-state index contributed by atoms with van der Waals surface area (Å²) in [4.78, 5) is 0. The monoisotopic (exact) mass is 357 g/mol. The summed E-state index contributed by atoms with van der Waals surface area (Å²) in [6.07, 6.45) is 3.20. The van der Waals surface area contributed by atoms with Gasteiger partial charge in [0.25, 0.3) is 0 Å². The lowest BCUT2D eigenvalue weighted by Gasteiger charge is -2.21. The Morgan fingerprint density at radius 3 is 2.62 bits per heavy atom. The molecule has 0 heterocycles. The molecule has 0 radical (unpaired) electrons. The van der Waals surface area contributed by atoms with Crippen LogP contribution in [0, 0.1) is 13.8 Å². The summed E-state index contributed by atoms with van der Waals surface area (Å²) in [5, 5.41) is 8.84. The third kappa shape index (κ3) is 3.94. The first-order chi connectivity index (χ1) is 11.5. The highest BCUT2D eigenvalue weighted by molar-refractivity contribution is 7.80. The van der Waals surface area contributed by atoms with Crippen LogP contribution in [0.25, 0.3) is 0 Å². The SMILES string of the molecule is Cc1cc(C)c2c(c1)/C(=N\NC(=S)Nc1ccc(Cl)cc1)CCC2. The molecule has 2 N–H and O–H groups in total. The maximum atomic E-state index is 5.89. The molecule has 0 saturated carbocycles. The van der Waals surface area contributed by atoms with Crippen LogP contribution >= 0.6 is 23.8 Å². The topological polar surface area (TPSA) is 36.4 Å². The molecule has 5 heteroatoms. The van der Waals surface area contributed by atoms with Crippen molar-refractivity contribution in [1.82, 2.24) is 5.43 Å². The van der Waals surface area contributed by atoms with Gasteiger partial charge >= 0.3 is 0 Å². The lowest BCUT2D eigenvalue weighted by atomic mass is 9.86. The van der Waals surface area contributed by atoms with Crippen LogP contribution in [0.1, 0.15) is 35.1 Å². The van der Waals surface area contributed by atoms with E-state index >= 15 is 0 Å². The molecule has 124 valence electrons. The zero-order valence-electron chi connectivity index (χ0n) is 13.8. The minimum atomic E-state index is 0.473. The molecular weight excluding hydrogens is 338 g/mol. The summed E-state index contributed by atoms with van der Waals surface area (Å²) in [6, 6.07) is 11.9. The van der Waals surface area contributed by atoms with Gasteiger partial charge in [-0.3, -0.25) is 5.43 Å². The molecule has 0 aromatic heterocycles. The van der Waals surface area contributed by atoms with Crippen molar-refractivity contribution in [3.63, 3.8) is 0 Å². The van der Waals surface area contributed by atoms with Crippen molar-refractivity contribution in [1.29, 1.82) is 0 Å². The number of hydrazone groups is 1. The summed E-state index contributed by atoms with van der Waals surface area (Å²) in [5.41, 5.74) is 10.2. The van der Waals surface area contributed by atoms with E-state index in [1.807, 2.05) is 24.3 Å². The number of anilines is 1. The second-order valence-corrected chi connectivity index (χ2v) is 6.94. The van der Waals surface area contributed by atoms with Crippen LogP contribution < -0.4 is 10.7 Å². The fourth-order valence-corrected chi connectivity index (χ4v) is 3.37. The lowest BCUT2D eigenvalue weighted by molar-refractivity contribution is 0.821. The molecule has 1 aliphatic carbocycles. The van der Waals surface area contributed by atoms with E-state index in [0.717, 1.165) is 30.7 Å². The summed E-state index contributed by atoms with van der Waals surface area (Å²) < 4.78 is 0. The first-order valence-electron chi connectivity index (χ1n) is 8.02. The first-order valence-corrected chi connectivity index (χ1v) is 8.81. The molecule has 3 rings (SSSR count). The molecule has 0 bridgehead atoms. The van der Waals surface area contributed by atoms with Crippen molar-refractivity contribution in [2.45, 2.75) is 33.1 Å². The van der Waals surface area contributed by atoms with Crippen LogP contribution in [0.15, 0.2) is 41.5 Å². The highest BCUT2D eigenvalue weighted by Crippen LogP contribution is 2.26. The number of fused-ring (bicyclic) bond motifs is 1. The van der Waals surface area contributed by atoms with E-state index in [1.165, 1.54) is 22.3 Å². The van der Waals surface area contributed by atoms with Crippen LogP contribution in [0.3, 0.4) is 0 Å². The number of halogens is 1. The largest absolute Gasteiger partial charge is 0.331 e. The highest BCUT2D eigenvalue weighted by Gasteiger charge is 2.17. The summed E-state index contributed by atoms with van der Waals surface area (Å²) in [5.74, 6) is 0. The number of rotatable bonds is 2. The van der Waals surface area contributed by atoms with E-state index in [4.69, 9.17) is 23.8 Å². The lowest BCUT2D eigenvalue weighted by Crippen LogP contribution is -2.26. The van der Waals surface area contributed by atoms with E-state index < -0.39 is 0 Å². The van der Waals surface area contributed by atoms with Crippen LogP contribution in [-0.2, 0) is 6.42 Å². The van der Waals surface area contributed by atoms with Gasteiger partial charge in [-0.1, -0.05) is 23.2 Å².